The van der Waals surface area contributed by atoms with Crippen LogP contribution in [0, 0.1) is 11.8 Å². The van der Waals surface area contributed by atoms with Crippen LogP contribution in [0.25, 0.3) is 0 Å². The summed E-state index contributed by atoms with van der Waals surface area (Å²) in [4.78, 5) is 14.6. The van der Waals surface area contributed by atoms with Gasteiger partial charge in [0.15, 0.2) is 0 Å². The maximum Gasteiger partial charge on any atom is 0.225 e. The Hall–Kier alpha value is -0.650. The smallest absolute Gasteiger partial charge is 0.225 e. The number of aliphatic hydroxyl groups excluding tert-OH is 1. The summed E-state index contributed by atoms with van der Waals surface area (Å²) in [5.74, 6) is 0.309. The SMILES string of the molecule is CC(C)C(CNC(=O)C1CCCC1O)N1CCOCC1. The molecule has 1 amide bonds. The molecule has 1 saturated heterocycles. The minimum atomic E-state index is -0.448. The molecule has 5 heteroatoms. The molecule has 1 saturated carbocycles. The average molecular weight is 284 g/mol. The highest BCUT2D eigenvalue weighted by molar-refractivity contribution is 5.79. The molecule has 0 radical (unpaired) electrons. The Bertz CT molecular complexity index is 316. The van der Waals surface area contributed by atoms with Crippen molar-refractivity contribution >= 4 is 5.91 Å². The van der Waals surface area contributed by atoms with E-state index in [1.54, 1.807) is 0 Å². The molecule has 1 heterocycles. The lowest BCUT2D eigenvalue weighted by Gasteiger charge is -2.37. The zero-order valence-electron chi connectivity index (χ0n) is 12.7. The lowest BCUT2D eigenvalue weighted by Crippen LogP contribution is -2.52. The van der Waals surface area contributed by atoms with Gasteiger partial charge in [-0.2, -0.15) is 0 Å². The molecule has 1 aliphatic carbocycles. The van der Waals surface area contributed by atoms with Crippen LogP contribution in [0.5, 0.6) is 0 Å². The quantitative estimate of drug-likeness (QED) is 0.777. The highest BCUT2D eigenvalue weighted by atomic mass is 16.5. The molecule has 2 N–H and O–H groups in total. The fraction of sp³-hybridized carbons (Fsp3) is 0.933. The monoisotopic (exact) mass is 284 g/mol. The highest BCUT2D eigenvalue weighted by Crippen LogP contribution is 2.25. The van der Waals surface area contributed by atoms with E-state index in [-0.39, 0.29) is 11.8 Å². The number of hydrogen-bond donors (Lipinski definition) is 2. The van der Waals surface area contributed by atoms with Gasteiger partial charge in [0, 0.05) is 25.7 Å². The number of nitrogens with zero attached hydrogens (tertiary/aromatic N) is 1. The van der Waals surface area contributed by atoms with Crippen LogP contribution in [0.3, 0.4) is 0 Å². The fourth-order valence-corrected chi connectivity index (χ4v) is 3.28. The van der Waals surface area contributed by atoms with E-state index in [0.717, 1.165) is 45.6 Å². The van der Waals surface area contributed by atoms with Gasteiger partial charge in [0.2, 0.25) is 5.91 Å². The van der Waals surface area contributed by atoms with Crippen molar-refractivity contribution in [3.05, 3.63) is 0 Å². The number of ether oxygens (including phenoxy) is 1. The molecule has 0 spiro atoms. The van der Waals surface area contributed by atoms with Crippen molar-refractivity contribution in [2.45, 2.75) is 45.3 Å². The van der Waals surface area contributed by atoms with Gasteiger partial charge in [-0.05, 0) is 25.2 Å². The van der Waals surface area contributed by atoms with Crippen molar-refractivity contribution in [1.82, 2.24) is 10.2 Å². The minimum absolute atomic E-state index is 0.0221. The molecule has 2 fully saturated rings. The van der Waals surface area contributed by atoms with Gasteiger partial charge in [0.25, 0.3) is 0 Å². The lowest BCUT2D eigenvalue weighted by molar-refractivity contribution is -0.127. The number of carbonyl (C=O) groups is 1. The molecule has 116 valence electrons. The van der Waals surface area contributed by atoms with Crippen LogP contribution in [0.2, 0.25) is 0 Å². The van der Waals surface area contributed by atoms with Crippen LogP contribution in [0.1, 0.15) is 33.1 Å². The van der Waals surface area contributed by atoms with Crippen LogP contribution >= 0.6 is 0 Å². The minimum Gasteiger partial charge on any atom is -0.392 e. The molecular formula is C15H28N2O3. The molecule has 1 aliphatic heterocycles. The Balaban J connectivity index is 1.83. The second-order valence-electron chi connectivity index (χ2n) is 6.31. The van der Waals surface area contributed by atoms with Crippen molar-refractivity contribution in [3.63, 3.8) is 0 Å². The molecule has 20 heavy (non-hydrogen) atoms. The second kappa shape index (κ2) is 7.38. The highest BCUT2D eigenvalue weighted by Gasteiger charge is 2.32. The van der Waals surface area contributed by atoms with E-state index < -0.39 is 6.10 Å². The van der Waals surface area contributed by atoms with Gasteiger partial charge >= 0.3 is 0 Å². The summed E-state index contributed by atoms with van der Waals surface area (Å²) in [6.07, 6.45) is 2.08. The van der Waals surface area contributed by atoms with Crippen molar-refractivity contribution in [2.75, 3.05) is 32.8 Å². The van der Waals surface area contributed by atoms with Crippen molar-refractivity contribution < 1.29 is 14.6 Å². The Morgan fingerprint density at radius 2 is 2.05 bits per heavy atom. The zero-order chi connectivity index (χ0) is 14.5. The van der Waals surface area contributed by atoms with Gasteiger partial charge in [-0.25, -0.2) is 0 Å². The summed E-state index contributed by atoms with van der Waals surface area (Å²) >= 11 is 0. The first-order chi connectivity index (χ1) is 9.59. The standard InChI is InChI=1S/C15H28N2O3/c1-11(2)13(17-6-8-20-9-7-17)10-16-15(19)12-4-3-5-14(12)18/h11-14,18H,3-10H2,1-2H3,(H,16,19). The maximum absolute atomic E-state index is 12.2. The van der Waals surface area contributed by atoms with E-state index in [1.165, 1.54) is 0 Å². The number of amides is 1. The van der Waals surface area contributed by atoms with Crippen LogP contribution in [-0.2, 0) is 9.53 Å². The fourth-order valence-electron chi connectivity index (χ4n) is 3.28. The summed E-state index contributed by atoms with van der Waals surface area (Å²) in [6, 6.07) is 0.349. The summed E-state index contributed by atoms with van der Waals surface area (Å²) in [6.45, 7) is 8.47. The molecule has 2 aliphatic rings. The van der Waals surface area contributed by atoms with Gasteiger partial charge in [0.05, 0.1) is 25.2 Å². The number of hydrogen-bond acceptors (Lipinski definition) is 4. The molecular weight excluding hydrogens is 256 g/mol. The molecule has 3 atom stereocenters. The maximum atomic E-state index is 12.2. The summed E-state index contributed by atoms with van der Waals surface area (Å²) < 4.78 is 5.39. The summed E-state index contributed by atoms with van der Waals surface area (Å²) in [5.41, 5.74) is 0. The van der Waals surface area contributed by atoms with Crippen LogP contribution in [0.15, 0.2) is 0 Å². The first-order valence-electron chi connectivity index (χ1n) is 7.87. The van der Waals surface area contributed by atoms with E-state index in [1.807, 2.05) is 0 Å². The van der Waals surface area contributed by atoms with Crippen LogP contribution < -0.4 is 5.32 Å². The summed E-state index contributed by atoms with van der Waals surface area (Å²) in [5, 5.41) is 12.8. The topological polar surface area (TPSA) is 61.8 Å². The molecule has 0 aromatic heterocycles. The first-order valence-corrected chi connectivity index (χ1v) is 7.87. The van der Waals surface area contributed by atoms with Crippen molar-refractivity contribution in [3.8, 4) is 0 Å². The zero-order valence-corrected chi connectivity index (χ0v) is 12.7. The molecule has 5 nitrogen and oxygen atoms in total. The van der Waals surface area contributed by atoms with Gasteiger partial charge in [-0.1, -0.05) is 13.8 Å². The Morgan fingerprint density at radius 1 is 1.35 bits per heavy atom. The Kier molecular flexibility index (Phi) is 5.81. The van der Waals surface area contributed by atoms with Gasteiger partial charge in [0.1, 0.15) is 0 Å². The normalized spacial score (nSPS) is 29.6. The number of nitrogens with one attached hydrogen (secondary N) is 1. The molecule has 0 aromatic carbocycles. The third kappa shape index (κ3) is 3.93. The predicted molar refractivity (Wildman–Crippen MR) is 77.4 cm³/mol. The predicted octanol–water partition coefficient (Wildman–Crippen LogP) is 0.620. The summed E-state index contributed by atoms with van der Waals surface area (Å²) in [7, 11) is 0. The van der Waals surface area contributed by atoms with Gasteiger partial charge < -0.3 is 15.2 Å². The van der Waals surface area contributed by atoms with E-state index in [2.05, 4.69) is 24.1 Å². The Labute approximate surface area is 121 Å². The molecule has 0 bridgehead atoms. The van der Waals surface area contributed by atoms with E-state index in [9.17, 15) is 9.90 Å². The number of rotatable bonds is 5. The van der Waals surface area contributed by atoms with E-state index in [4.69, 9.17) is 4.74 Å². The van der Waals surface area contributed by atoms with Crippen molar-refractivity contribution in [2.24, 2.45) is 11.8 Å². The average Bonchev–Trinajstić information content (AvgIpc) is 2.86. The molecule has 3 unspecified atom stereocenters. The molecule has 2 rings (SSSR count). The van der Waals surface area contributed by atoms with E-state index in [0.29, 0.717) is 18.5 Å². The van der Waals surface area contributed by atoms with Crippen LogP contribution in [-0.4, -0.2) is 60.9 Å². The Morgan fingerprint density at radius 3 is 2.60 bits per heavy atom. The third-order valence-corrected chi connectivity index (χ3v) is 4.59. The van der Waals surface area contributed by atoms with Crippen molar-refractivity contribution in [1.29, 1.82) is 0 Å². The third-order valence-electron chi connectivity index (χ3n) is 4.59. The second-order valence-corrected chi connectivity index (χ2v) is 6.31. The largest absolute Gasteiger partial charge is 0.392 e. The lowest BCUT2D eigenvalue weighted by atomic mass is 10.0. The van der Waals surface area contributed by atoms with Crippen LogP contribution in [0.4, 0.5) is 0 Å². The number of aliphatic hydroxyl groups is 1. The van der Waals surface area contributed by atoms with Gasteiger partial charge in [-0.15, -0.1) is 0 Å². The number of morpholine rings is 1. The van der Waals surface area contributed by atoms with Gasteiger partial charge in [-0.3, -0.25) is 9.69 Å². The first kappa shape index (κ1) is 15.7. The molecule has 0 aromatic rings. The van der Waals surface area contributed by atoms with E-state index >= 15 is 0 Å². The number of carbonyl (C=O) groups excluding carboxylic acids is 1.